The number of aromatic nitrogens is 1. The quantitative estimate of drug-likeness (QED) is 0.255. The van der Waals surface area contributed by atoms with Gasteiger partial charge < -0.3 is 30.3 Å². The van der Waals surface area contributed by atoms with Crippen LogP contribution in [0.3, 0.4) is 0 Å². The molecular weight excluding hydrogens is 314 g/mol. The monoisotopic (exact) mass is 329 g/mol. The number of hydrogen-bond acceptors (Lipinski definition) is 9. The van der Waals surface area contributed by atoms with Crippen molar-refractivity contribution in [3.8, 4) is 0 Å². The highest BCUT2D eigenvalue weighted by atomic mass is 16.6. The minimum absolute atomic E-state index is 0.0146. The summed E-state index contributed by atoms with van der Waals surface area (Å²) in [6.07, 6.45) is -6.56. The molecule has 0 aliphatic carbocycles. The molecule has 126 valence electrons. The summed E-state index contributed by atoms with van der Waals surface area (Å²) in [4.78, 5) is 37.3. The third-order valence-corrected chi connectivity index (χ3v) is 2.88. The topological polar surface area (TPSA) is 174 Å². The van der Waals surface area contributed by atoms with Crippen LogP contribution in [0.15, 0.2) is 18.3 Å². The summed E-state index contributed by atoms with van der Waals surface area (Å²) in [6.45, 7) is -0.902. The molecule has 1 aromatic heterocycles. The van der Waals surface area contributed by atoms with Crippen LogP contribution in [0.5, 0.6) is 0 Å². The van der Waals surface area contributed by atoms with Gasteiger partial charge in [-0.05, 0) is 12.1 Å². The van der Waals surface area contributed by atoms with Gasteiger partial charge in [-0.3, -0.25) is 4.79 Å². The number of aliphatic hydroxyl groups is 4. The summed E-state index contributed by atoms with van der Waals surface area (Å²) in [7, 11) is 0. The Balaban J connectivity index is 2.94. The summed E-state index contributed by atoms with van der Waals surface area (Å²) in [5.41, 5.74) is -1.08. The number of carboxylic acids is 1. The van der Waals surface area contributed by atoms with Crippen LogP contribution >= 0.6 is 0 Å². The van der Waals surface area contributed by atoms with Crippen molar-refractivity contribution in [2.45, 2.75) is 24.4 Å². The Morgan fingerprint density at radius 2 is 1.91 bits per heavy atom. The number of carboxylic acid groups (broad SMARTS) is 1. The number of aldehydes is 1. The molecule has 10 heteroatoms. The molecular formula is C13H15NO9. The Morgan fingerprint density at radius 3 is 2.43 bits per heavy atom. The van der Waals surface area contributed by atoms with Crippen molar-refractivity contribution in [3.05, 3.63) is 29.6 Å². The normalized spacial score (nSPS) is 16.0. The van der Waals surface area contributed by atoms with Crippen molar-refractivity contribution in [2.75, 3.05) is 6.61 Å². The second kappa shape index (κ2) is 8.29. The predicted molar refractivity (Wildman–Crippen MR) is 71.6 cm³/mol. The van der Waals surface area contributed by atoms with Crippen LogP contribution < -0.4 is 0 Å². The zero-order valence-electron chi connectivity index (χ0n) is 11.6. The first-order valence-electron chi connectivity index (χ1n) is 6.33. The molecule has 5 N–H and O–H groups in total. The smallest absolute Gasteiger partial charge is 0.358 e. The lowest BCUT2D eigenvalue weighted by molar-refractivity contribution is -0.138. The Bertz CT molecular complexity index is 576. The Morgan fingerprint density at radius 1 is 1.26 bits per heavy atom. The van der Waals surface area contributed by atoms with Gasteiger partial charge >= 0.3 is 11.9 Å². The standard InChI is InChI=1S/C13H15NO9/c15-4-7(17)10(18)11(19)8(5-16)23-13(22)9-6(12(20)21)2-1-3-14-9/h1-3,5,7-8,10-11,15,17-19H,4H2,(H,20,21)/t7-,8+,10+,11-/m1/s1. The molecule has 4 atom stereocenters. The van der Waals surface area contributed by atoms with Gasteiger partial charge in [0.25, 0.3) is 0 Å². The highest BCUT2D eigenvalue weighted by molar-refractivity contribution is 6.01. The second-order valence-electron chi connectivity index (χ2n) is 4.44. The number of aliphatic hydroxyl groups excluding tert-OH is 4. The van der Waals surface area contributed by atoms with E-state index in [0.29, 0.717) is 0 Å². The predicted octanol–water partition coefficient (Wildman–Crippen LogP) is -2.42. The molecule has 0 spiro atoms. The Kier molecular flexibility index (Phi) is 6.72. The molecule has 1 rings (SSSR count). The Hall–Kier alpha value is -2.40. The fourth-order valence-corrected chi connectivity index (χ4v) is 1.63. The van der Waals surface area contributed by atoms with Gasteiger partial charge in [-0.25, -0.2) is 14.6 Å². The molecule has 0 saturated carbocycles. The maximum absolute atomic E-state index is 11.9. The number of nitrogens with zero attached hydrogens (tertiary/aromatic N) is 1. The summed E-state index contributed by atoms with van der Waals surface area (Å²) in [5, 5.41) is 46.0. The third-order valence-electron chi connectivity index (χ3n) is 2.88. The zero-order chi connectivity index (χ0) is 17.6. The van der Waals surface area contributed by atoms with Crippen LogP contribution in [0.4, 0.5) is 0 Å². The molecule has 23 heavy (non-hydrogen) atoms. The van der Waals surface area contributed by atoms with E-state index in [-0.39, 0.29) is 6.29 Å². The van der Waals surface area contributed by atoms with E-state index in [2.05, 4.69) is 9.72 Å². The summed E-state index contributed by atoms with van der Waals surface area (Å²) < 4.78 is 4.62. The van der Waals surface area contributed by atoms with Crippen molar-refractivity contribution >= 4 is 18.2 Å². The van der Waals surface area contributed by atoms with Crippen LogP contribution in [0, 0.1) is 0 Å². The average molecular weight is 329 g/mol. The number of esters is 1. The number of rotatable bonds is 8. The summed E-state index contributed by atoms with van der Waals surface area (Å²) >= 11 is 0. The molecule has 0 aromatic carbocycles. The average Bonchev–Trinajstić information content (AvgIpc) is 2.57. The number of hydrogen-bond donors (Lipinski definition) is 5. The highest BCUT2D eigenvalue weighted by Gasteiger charge is 2.34. The van der Waals surface area contributed by atoms with E-state index in [1.54, 1.807) is 0 Å². The number of carbonyl (C=O) groups excluding carboxylic acids is 2. The Labute approximate surface area is 129 Å². The van der Waals surface area contributed by atoms with Gasteiger partial charge in [-0.1, -0.05) is 0 Å². The number of pyridine rings is 1. The van der Waals surface area contributed by atoms with E-state index in [1.165, 1.54) is 6.07 Å². The molecule has 0 radical (unpaired) electrons. The highest BCUT2D eigenvalue weighted by Crippen LogP contribution is 2.12. The van der Waals surface area contributed by atoms with Crippen molar-refractivity contribution in [2.24, 2.45) is 0 Å². The maximum Gasteiger partial charge on any atom is 0.358 e. The van der Waals surface area contributed by atoms with Crippen molar-refractivity contribution in [3.63, 3.8) is 0 Å². The third kappa shape index (κ3) is 4.53. The van der Waals surface area contributed by atoms with Crippen LogP contribution in [0.1, 0.15) is 20.8 Å². The van der Waals surface area contributed by atoms with Gasteiger partial charge in [0.15, 0.2) is 18.1 Å². The first-order valence-corrected chi connectivity index (χ1v) is 6.33. The van der Waals surface area contributed by atoms with Gasteiger partial charge in [0, 0.05) is 6.20 Å². The second-order valence-corrected chi connectivity index (χ2v) is 4.44. The van der Waals surface area contributed by atoms with Gasteiger partial charge in [0.05, 0.1) is 12.2 Å². The summed E-state index contributed by atoms with van der Waals surface area (Å²) in [5.74, 6) is -2.77. The van der Waals surface area contributed by atoms with E-state index in [4.69, 9.17) is 10.2 Å². The number of carbonyl (C=O) groups is 3. The molecule has 0 bridgehead atoms. The number of aromatic carboxylic acids is 1. The van der Waals surface area contributed by atoms with Crippen LogP contribution in [-0.2, 0) is 9.53 Å². The van der Waals surface area contributed by atoms with Crippen LogP contribution in [0.2, 0.25) is 0 Å². The van der Waals surface area contributed by atoms with Crippen molar-refractivity contribution in [1.29, 1.82) is 0 Å². The number of ether oxygens (including phenoxy) is 1. The van der Waals surface area contributed by atoms with Gasteiger partial charge in [0.1, 0.15) is 18.3 Å². The van der Waals surface area contributed by atoms with Gasteiger partial charge in [0.2, 0.25) is 0 Å². The fourth-order valence-electron chi connectivity index (χ4n) is 1.63. The van der Waals surface area contributed by atoms with Gasteiger partial charge in [-0.15, -0.1) is 0 Å². The molecule has 0 aliphatic heterocycles. The molecule has 1 heterocycles. The zero-order valence-corrected chi connectivity index (χ0v) is 11.6. The molecule has 1 aromatic rings. The van der Waals surface area contributed by atoms with E-state index >= 15 is 0 Å². The molecule has 0 fully saturated rings. The first kappa shape index (κ1) is 18.6. The van der Waals surface area contributed by atoms with Gasteiger partial charge in [-0.2, -0.15) is 0 Å². The maximum atomic E-state index is 11.9. The van der Waals surface area contributed by atoms with E-state index < -0.39 is 54.2 Å². The van der Waals surface area contributed by atoms with Crippen molar-refractivity contribution < 1.29 is 44.7 Å². The molecule has 0 amide bonds. The molecule has 10 nitrogen and oxygen atoms in total. The largest absolute Gasteiger partial charge is 0.478 e. The summed E-state index contributed by atoms with van der Waals surface area (Å²) in [6, 6.07) is 2.36. The molecule has 0 aliphatic rings. The van der Waals surface area contributed by atoms with Crippen LogP contribution in [0.25, 0.3) is 0 Å². The van der Waals surface area contributed by atoms with E-state index in [9.17, 15) is 29.7 Å². The lowest BCUT2D eigenvalue weighted by Gasteiger charge is -2.25. The SMILES string of the molecule is O=C[C@H](OC(=O)c1ncccc1C(=O)O)[C@@H](O)[C@@H](O)[C@H](O)CO. The first-order chi connectivity index (χ1) is 10.8. The van der Waals surface area contributed by atoms with Crippen LogP contribution in [-0.4, -0.2) is 79.8 Å². The molecule has 0 unspecified atom stereocenters. The van der Waals surface area contributed by atoms with E-state index in [1.807, 2.05) is 0 Å². The van der Waals surface area contributed by atoms with Crippen molar-refractivity contribution in [1.82, 2.24) is 4.98 Å². The fraction of sp³-hybridized carbons (Fsp3) is 0.385. The molecule has 0 saturated heterocycles. The lowest BCUT2D eigenvalue weighted by atomic mass is 10.0. The van der Waals surface area contributed by atoms with E-state index in [0.717, 1.165) is 12.3 Å². The minimum Gasteiger partial charge on any atom is -0.478 e. The minimum atomic E-state index is -2.03. The lowest BCUT2D eigenvalue weighted by Crippen LogP contribution is -2.48.